The molecule has 0 bridgehead atoms. The second kappa shape index (κ2) is 16.9. The SMILES string of the molecule is NCCCC[C@@H](NC(=O)C(CCCCCF)NC(=O)[C@H](N)Cc1ccccc1)C(=O)N1CCC(N)(C(=O)O)CC1. The molecule has 1 aliphatic rings. The summed E-state index contributed by atoms with van der Waals surface area (Å²) in [5, 5.41) is 14.9. The first-order chi connectivity index (χ1) is 19.1. The van der Waals surface area contributed by atoms with Crippen LogP contribution in [0.1, 0.15) is 63.4 Å². The number of carbonyl (C=O) groups excluding carboxylic acids is 3. The van der Waals surface area contributed by atoms with Crippen LogP contribution in [0.2, 0.25) is 0 Å². The minimum absolute atomic E-state index is 0.101. The molecule has 2 rings (SSSR count). The Hall–Kier alpha value is -3.09. The van der Waals surface area contributed by atoms with Gasteiger partial charge in [-0.3, -0.25) is 23.6 Å². The zero-order chi connectivity index (χ0) is 29.5. The van der Waals surface area contributed by atoms with Crippen LogP contribution < -0.4 is 27.8 Å². The number of halogens is 1. The molecular formula is C28H45FN6O5. The first-order valence-corrected chi connectivity index (χ1v) is 14.1. The highest BCUT2D eigenvalue weighted by Gasteiger charge is 2.40. The molecule has 1 aromatic carbocycles. The monoisotopic (exact) mass is 564 g/mol. The lowest BCUT2D eigenvalue weighted by atomic mass is 9.88. The van der Waals surface area contributed by atoms with Crippen LogP contribution in [-0.2, 0) is 25.6 Å². The highest BCUT2D eigenvalue weighted by molar-refractivity contribution is 5.93. The Kier molecular flexibility index (Phi) is 14.0. The molecular weight excluding hydrogens is 519 g/mol. The second-order valence-electron chi connectivity index (χ2n) is 10.5. The normalized spacial score (nSPS) is 16.9. The lowest BCUT2D eigenvalue weighted by molar-refractivity contribution is -0.148. The molecule has 40 heavy (non-hydrogen) atoms. The molecule has 3 atom stereocenters. The molecule has 1 saturated heterocycles. The average Bonchev–Trinajstić information content (AvgIpc) is 2.94. The summed E-state index contributed by atoms with van der Waals surface area (Å²) in [5.41, 5.74) is 17.2. The Morgan fingerprint density at radius 1 is 0.925 bits per heavy atom. The fourth-order valence-corrected chi connectivity index (χ4v) is 4.71. The Bertz CT molecular complexity index is 958. The van der Waals surface area contributed by atoms with E-state index in [1.54, 1.807) is 0 Å². The zero-order valence-corrected chi connectivity index (χ0v) is 23.2. The first kappa shape index (κ1) is 33.1. The van der Waals surface area contributed by atoms with Gasteiger partial charge in [0.1, 0.15) is 17.6 Å². The van der Waals surface area contributed by atoms with Crippen molar-refractivity contribution in [3.8, 4) is 0 Å². The number of carboxylic acids is 1. The van der Waals surface area contributed by atoms with E-state index in [9.17, 15) is 28.7 Å². The summed E-state index contributed by atoms with van der Waals surface area (Å²) in [7, 11) is 0. The number of hydrogen-bond donors (Lipinski definition) is 6. The molecule has 12 heteroatoms. The van der Waals surface area contributed by atoms with Crippen LogP contribution in [0, 0.1) is 0 Å². The van der Waals surface area contributed by atoms with E-state index in [-0.39, 0.29) is 44.7 Å². The fraction of sp³-hybridized carbons (Fsp3) is 0.643. The van der Waals surface area contributed by atoms with Crippen molar-refractivity contribution >= 4 is 23.7 Å². The molecule has 1 aromatic rings. The van der Waals surface area contributed by atoms with E-state index in [1.165, 1.54) is 4.90 Å². The third-order valence-electron chi connectivity index (χ3n) is 7.35. The van der Waals surface area contributed by atoms with E-state index in [4.69, 9.17) is 17.2 Å². The van der Waals surface area contributed by atoms with E-state index < -0.39 is 48.1 Å². The minimum Gasteiger partial charge on any atom is -0.480 e. The summed E-state index contributed by atoms with van der Waals surface area (Å²) in [6.07, 6.45) is 3.73. The number of aliphatic carboxylic acids is 1. The summed E-state index contributed by atoms with van der Waals surface area (Å²) in [4.78, 5) is 52.7. The molecule has 1 aliphatic heterocycles. The van der Waals surface area contributed by atoms with Crippen LogP contribution in [0.5, 0.6) is 0 Å². The van der Waals surface area contributed by atoms with Gasteiger partial charge in [-0.15, -0.1) is 0 Å². The molecule has 224 valence electrons. The van der Waals surface area contributed by atoms with E-state index in [0.717, 1.165) is 5.56 Å². The standard InChI is InChI=1S/C28H45FN6O5/c29-15-7-2-5-11-22(33-24(36)21(31)19-20-9-3-1-4-10-20)25(37)34-23(12-6-8-16-30)26(38)35-17-13-28(32,14-18-35)27(39)40/h1,3-4,9-10,21-23H,2,5-8,11-19,30-32H2,(H,33,36)(H,34,37)(H,39,40)/t21-,22?,23-/m1/s1. The predicted octanol–water partition coefficient (Wildman–Crippen LogP) is 0.589. The van der Waals surface area contributed by atoms with Gasteiger partial charge in [-0.25, -0.2) is 0 Å². The molecule has 0 saturated carbocycles. The Labute approximate surface area is 235 Å². The van der Waals surface area contributed by atoms with Gasteiger partial charge in [-0.05, 0) is 63.5 Å². The molecule has 0 spiro atoms. The minimum atomic E-state index is -1.39. The number of rotatable bonds is 17. The number of likely N-dealkylation sites (tertiary alicyclic amines) is 1. The number of carboxylic acid groups (broad SMARTS) is 1. The van der Waals surface area contributed by atoms with E-state index in [2.05, 4.69) is 10.6 Å². The second-order valence-corrected chi connectivity index (χ2v) is 10.5. The number of benzene rings is 1. The number of alkyl halides is 1. The van der Waals surface area contributed by atoms with Gasteiger partial charge < -0.3 is 37.8 Å². The van der Waals surface area contributed by atoms with Crippen molar-refractivity contribution in [3.05, 3.63) is 35.9 Å². The maximum Gasteiger partial charge on any atom is 0.323 e. The van der Waals surface area contributed by atoms with E-state index >= 15 is 0 Å². The van der Waals surface area contributed by atoms with Crippen molar-refractivity contribution in [2.24, 2.45) is 17.2 Å². The largest absolute Gasteiger partial charge is 0.480 e. The number of carbonyl (C=O) groups is 4. The molecule has 11 nitrogen and oxygen atoms in total. The van der Waals surface area contributed by atoms with Crippen LogP contribution in [0.4, 0.5) is 4.39 Å². The van der Waals surface area contributed by atoms with Crippen LogP contribution in [0.25, 0.3) is 0 Å². The topological polar surface area (TPSA) is 194 Å². The summed E-state index contributed by atoms with van der Waals surface area (Å²) >= 11 is 0. The van der Waals surface area contributed by atoms with Gasteiger partial charge in [0, 0.05) is 13.1 Å². The van der Waals surface area contributed by atoms with E-state index in [1.807, 2.05) is 30.3 Å². The molecule has 0 aromatic heterocycles. The Morgan fingerprint density at radius 3 is 2.12 bits per heavy atom. The molecule has 3 amide bonds. The van der Waals surface area contributed by atoms with Gasteiger partial charge >= 0.3 is 5.97 Å². The van der Waals surface area contributed by atoms with Gasteiger partial charge in [0.05, 0.1) is 12.7 Å². The van der Waals surface area contributed by atoms with Gasteiger partial charge in [-0.1, -0.05) is 43.2 Å². The molecule has 0 aliphatic carbocycles. The smallest absolute Gasteiger partial charge is 0.323 e. The Balaban J connectivity index is 2.10. The molecule has 1 heterocycles. The lowest BCUT2D eigenvalue weighted by Crippen LogP contribution is -2.60. The number of amides is 3. The van der Waals surface area contributed by atoms with Crippen LogP contribution in [-0.4, -0.2) is 83.7 Å². The van der Waals surface area contributed by atoms with Crippen molar-refractivity contribution in [3.63, 3.8) is 0 Å². The summed E-state index contributed by atoms with van der Waals surface area (Å²) in [6, 6.07) is 6.56. The Morgan fingerprint density at radius 2 is 1.52 bits per heavy atom. The number of nitrogens with one attached hydrogen (secondary N) is 2. The highest BCUT2D eigenvalue weighted by atomic mass is 19.1. The number of nitrogens with zero attached hydrogens (tertiary/aromatic N) is 1. The van der Waals surface area contributed by atoms with Crippen molar-refractivity contribution in [2.45, 2.75) is 87.9 Å². The summed E-state index contributed by atoms with van der Waals surface area (Å²) in [5.74, 6) is -2.46. The van der Waals surface area contributed by atoms with Crippen molar-refractivity contribution < 1.29 is 28.7 Å². The average molecular weight is 565 g/mol. The van der Waals surface area contributed by atoms with Crippen LogP contribution in [0.3, 0.4) is 0 Å². The van der Waals surface area contributed by atoms with Gasteiger partial charge in [0.15, 0.2) is 0 Å². The number of piperidine rings is 1. The maximum atomic E-state index is 13.4. The van der Waals surface area contributed by atoms with Crippen LogP contribution in [0.15, 0.2) is 30.3 Å². The first-order valence-electron chi connectivity index (χ1n) is 14.1. The molecule has 1 fully saturated rings. The maximum absolute atomic E-state index is 13.4. The summed E-state index contributed by atoms with van der Waals surface area (Å²) in [6.45, 7) is 0.273. The fourth-order valence-electron chi connectivity index (χ4n) is 4.71. The van der Waals surface area contributed by atoms with Crippen molar-refractivity contribution in [1.82, 2.24) is 15.5 Å². The van der Waals surface area contributed by atoms with Crippen LogP contribution >= 0.6 is 0 Å². The third kappa shape index (κ3) is 10.5. The number of nitrogens with two attached hydrogens (primary N) is 3. The zero-order valence-electron chi connectivity index (χ0n) is 23.2. The van der Waals surface area contributed by atoms with Crippen molar-refractivity contribution in [2.75, 3.05) is 26.3 Å². The summed E-state index contributed by atoms with van der Waals surface area (Å²) < 4.78 is 12.6. The van der Waals surface area contributed by atoms with Gasteiger partial charge in [-0.2, -0.15) is 0 Å². The third-order valence-corrected chi connectivity index (χ3v) is 7.35. The molecule has 0 radical (unpaired) electrons. The van der Waals surface area contributed by atoms with Gasteiger partial charge in [0.2, 0.25) is 17.7 Å². The lowest BCUT2D eigenvalue weighted by Gasteiger charge is -2.38. The predicted molar refractivity (Wildman–Crippen MR) is 150 cm³/mol. The quantitative estimate of drug-likeness (QED) is 0.148. The van der Waals surface area contributed by atoms with E-state index in [0.29, 0.717) is 45.1 Å². The van der Waals surface area contributed by atoms with Gasteiger partial charge in [0.25, 0.3) is 0 Å². The molecule has 1 unspecified atom stereocenters. The van der Waals surface area contributed by atoms with Crippen molar-refractivity contribution in [1.29, 1.82) is 0 Å². The number of unbranched alkanes of at least 4 members (excludes halogenated alkanes) is 3. The molecule has 9 N–H and O–H groups in total. The number of hydrogen-bond acceptors (Lipinski definition) is 7. The highest BCUT2D eigenvalue weighted by Crippen LogP contribution is 2.21.